The summed E-state index contributed by atoms with van der Waals surface area (Å²) in [6.07, 6.45) is 4.63. The molecule has 0 aliphatic carbocycles. The highest BCUT2D eigenvalue weighted by Gasteiger charge is 2.40. The fraction of sp³-hybridized carbons (Fsp3) is 0.721. The van der Waals surface area contributed by atoms with E-state index < -0.39 is 11.7 Å². The lowest BCUT2D eigenvalue weighted by molar-refractivity contribution is -0.133. The van der Waals surface area contributed by atoms with E-state index >= 15 is 0 Å². The van der Waals surface area contributed by atoms with Crippen LogP contribution in [0.25, 0.3) is 0 Å². The molecule has 2 aliphatic heterocycles. The van der Waals surface area contributed by atoms with Gasteiger partial charge in [-0.1, -0.05) is 0 Å². The van der Waals surface area contributed by atoms with Crippen LogP contribution in [0.1, 0.15) is 134 Å². The number of likely N-dealkylation sites (N-methyl/N-ethyl adjacent to an activating group) is 4. The number of hydrogen-bond acceptors (Lipinski definition) is 15. The van der Waals surface area contributed by atoms with Gasteiger partial charge in [0.05, 0.1) is 33.5 Å². The van der Waals surface area contributed by atoms with Crippen molar-refractivity contribution in [2.45, 2.75) is 156 Å². The van der Waals surface area contributed by atoms with Gasteiger partial charge in [-0.15, -0.1) is 24.8 Å². The van der Waals surface area contributed by atoms with Gasteiger partial charge in [-0.2, -0.15) is 0 Å². The summed E-state index contributed by atoms with van der Waals surface area (Å²) in [6, 6.07) is 10.1. The average Bonchev–Trinajstić information content (AvgIpc) is 3.45. The molecule has 0 spiro atoms. The number of rotatable bonds is 30. The molecule has 0 saturated carbocycles. The maximum absolute atomic E-state index is 14.0. The van der Waals surface area contributed by atoms with Crippen LogP contribution in [0.2, 0.25) is 0 Å². The predicted octanol–water partition coefficient (Wildman–Crippen LogP) is 8.25. The van der Waals surface area contributed by atoms with Gasteiger partial charge < -0.3 is 72.8 Å². The Hall–Kier alpha value is -4.83. The molecule has 20 nitrogen and oxygen atoms in total. The smallest absolute Gasteiger partial charge is 0.410 e. The van der Waals surface area contributed by atoms with E-state index in [1.165, 1.54) is 0 Å². The standard InChI is InChI=1S/C33H56N4O7.C28H48N4O5.2ClH/c1-11-35(18-17-34(7)8)30(38)22-26-14-15-27(23-36(26)32(40)44-33(4,5)6)37(24(2)3)31(39)25-13-16-28(42-10)29(21-25)43-20-12-19-41-9;1-8-31(15-14-30(4)5)27(33)19-23-11-12-24(20-29-23)32(21(2)3)28(34)22-10-13-25(36-7)26(18-22)37-17-9-16-35-6;;/h13,16,21,24,26-27H,11-12,14-15,17-20,22-23H2,1-10H3;10,13,18,21,23-24,29H,8-9,11-12,14-17,19-20H2,1-7H3;2*1H/t26-,27?;23-,24?;;/m00../s1. The van der Waals surface area contributed by atoms with Crippen LogP contribution in [0.5, 0.6) is 23.0 Å². The lowest BCUT2D eigenvalue weighted by Gasteiger charge is -2.45. The van der Waals surface area contributed by atoms with E-state index in [2.05, 4.69) is 10.2 Å². The highest BCUT2D eigenvalue weighted by Crippen LogP contribution is 2.33. The zero-order valence-corrected chi connectivity index (χ0v) is 55.0. The van der Waals surface area contributed by atoms with Crippen LogP contribution in [-0.2, 0) is 23.8 Å². The van der Waals surface area contributed by atoms with E-state index in [1.807, 2.05) is 115 Å². The molecular weight excluding hydrogens is 1110 g/mol. The number of piperidine rings is 2. The maximum Gasteiger partial charge on any atom is 0.410 e. The Kier molecular flexibility index (Phi) is 35.8. The molecule has 2 heterocycles. The van der Waals surface area contributed by atoms with E-state index in [1.54, 1.807) is 69.7 Å². The molecule has 0 bridgehead atoms. The minimum Gasteiger partial charge on any atom is -0.493 e. The number of halogens is 2. The first kappa shape index (κ1) is 76.2. The molecule has 1 N–H and O–H groups in total. The molecule has 22 heteroatoms. The van der Waals surface area contributed by atoms with Gasteiger partial charge >= 0.3 is 6.09 Å². The summed E-state index contributed by atoms with van der Waals surface area (Å²) in [6.45, 7) is 24.8. The first-order valence-corrected chi connectivity index (χ1v) is 29.3. The molecular formula is C61H106Cl2N8O12. The summed E-state index contributed by atoms with van der Waals surface area (Å²) in [5.41, 5.74) is 0.352. The Morgan fingerprint density at radius 3 is 1.43 bits per heavy atom. The number of benzene rings is 2. The molecule has 2 aromatic carbocycles. The van der Waals surface area contributed by atoms with Crippen molar-refractivity contribution in [3.63, 3.8) is 0 Å². The van der Waals surface area contributed by atoms with E-state index in [0.717, 1.165) is 45.4 Å². The molecule has 2 saturated heterocycles. The molecule has 2 fully saturated rings. The second-order valence-corrected chi connectivity index (χ2v) is 23.0. The van der Waals surface area contributed by atoms with Gasteiger partial charge in [-0.25, -0.2) is 4.79 Å². The Labute approximate surface area is 510 Å². The van der Waals surface area contributed by atoms with Crippen molar-refractivity contribution in [1.29, 1.82) is 0 Å². The number of amides is 5. The number of nitrogens with zero attached hydrogens (tertiary/aromatic N) is 7. The minimum atomic E-state index is -0.698. The van der Waals surface area contributed by atoms with Crippen LogP contribution >= 0.6 is 24.8 Å². The Bertz CT molecular complexity index is 2230. The van der Waals surface area contributed by atoms with Gasteiger partial charge in [0, 0.05) is 147 Å². The van der Waals surface area contributed by atoms with Crippen LogP contribution in [0.4, 0.5) is 4.79 Å². The Morgan fingerprint density at radius 2 is 1.05 bits per heavy atom. The zero-order chi connectivity index (χ0) is 60.4. The lowest BCUT2D eigenvalue weighted by atomic mass is 9.93. The van der Waals surface area contributed by atoms with Crippen molar-refractivity contribution in [1.82, 2.24) is 39.6 Å². The Balaban J connectivity index is 0.000000822. The van der Waals surface area contributed by atoms with E-state index in [-0.39, 0.29) is 97.7 Å². The van der Waals surface area contributed by atoms with Gasteiger partial charge in [-0.05, 0) is 153 Å². The number of ether oxygens (including phenoxy) is 7. The van der Waals surface area contributed by atoms with Crippen molar-refractivity contribution < 1.29 is 57.1 Å². The summed E-state index contributed by atoms with van der Waals surface area (Å²) in [5, 5.41) is 3.55. The number of nitrogens with one attached hydrogen (secondary N) is 1. The second-order valence-electron chi connectivity index (χ2n) is 23.0. The van der Waals surface area contributed by atoms with Crippen molar-refractivity contribution in [2.75, 3.05) is 135 Å². The summed E-state index contributed by atoms with van der Waals surface area (Å²) >= 11 is 0. The summed E-state index contributed by atoms with van der Waals surface area (Å²) in [5.74, 6) is 2.21. The zero-order valence-electron chi connectivity index (χ0n) is 53.4. The largest absolute Gasteiger partial charge is 0.493 e. The molecule has 5 amide bonds. The highest BCUT2D eigenvalue weighted by atomic mass is 35.5. The fourth-order valence-corrected chi connectivity index (χ4v) is 10.1. The van der Waals surface area contributed by atoms with Gasteiger partial charge in [0.25, 0.3) is 11.8 Å². The van der Waals surface area contributed by atoms with Gasteiger partial charge in [0.1, 0.15) is 5.60 Å². The number of likely N-dealkylation sites (tertiary alicyclic amines) is 1. The summed E-state index contributed by atoms with van der Waals surface area (Å²) in [7, 11) is 14.5. The third kappa shape index (κ3) is 25.3. The quantitative estimate of drug-likeness (QED) is 0.0737. The van der Waals surface area contributed by atoms with Crippen molar-refractivity contribution in [3.8, 4) is 23.0 Å². The van der Waals surface area contributed by atoms with E-state index in [9.17, 15) is 24.0 Å². The molecule has 2 unspecified atom stereocenters. The first-order valence-electron chi connectivity index (χ1n) is 29.3. The maximum atomic E-state index is 14.0. The Morgan fingerprint density at radius 1 is 0.602 bits per heavy atom. The first-order chi connectivity index (χ1) is 38.4. The SMILES string of the molecule is CCN(CCN(C)C)C(=O)C[C@@H]1CCC(N(C(=O)c2ccc(OC)c(OCCCOC)c2)C(C)C)CN1.CCN(CCN(C)C)C(=O)C[C@@H]1CCC(N(C(=O)c2ccc(OC)c(OCCCOC)c2)C(C)C)CN1C(=O)OC(C)(C)C.Cl.Cl. The third-order valence-corrected chi connectivity index (χ3v) is 14.4. The topological polar surface area (TPSA) is 185 Å². The molecule has 2 aliphatic rings. The van der Waals surface area contributed by atoms with Crippen molar-refractivity contribution in [3.05, 3.63) is 47.5 Å². The van der Waals surface area contributed by atoms with Gasteiger partial charge in [-0.3, -0.25) is 19.2 Å². The van der Waals surface area contributed by atoms with Crippen LogP contribution in [0, 0.1) is 0 Å². The average molecular weight is 1210 g/mol. The number of carbonyl (C=O) groups is 5. The normalized spacial score (nSPS) is 16.9. The van der Waals surface area contributed by atoms with Crippen LogP contribution in [-0.4, -0.2) is 241 Å². The minimum absolute atomic E-state index is 0. The molecule has 2 aromatic rings. The van der Waals surface area contributed by atoms with E-state index in [4.69, 9.17) is 33.2 Å². The van der Waals surface area contributed by atoms with E-state index in [0.29, 0.717) is 106 Å². The van der Waals surface area contributed by atoms with Gasteiger partial charge in [0.15, 0.2) is 23.0 Å². The number of carbonyl (C=O) groups excluding carboxylic acids is 5. The molecule has 4 rings (SSSR count). The van der Waals surface area contributed by atoms with Gasteiger partial charge in [0.2, 0.25) is 11.8 Å². The van der Waals surface area contributed by atoms with Crippen LogP contribution in [0.15, 0.2) is 36.4 Å². The molecule has 4 atom stereocenters. The number of methoxy groups -OCH3 is 4. The van der Waals surface area contributed by atoms with Crippen molar-refractivity contribution >= 4 is 54.5 Å². The lowest BCUT2D eigenvalue weighted by Crippen LogP contribution is -2.58. The molecule has 0 aromatic heterocycles. The van der Waals surface area contributed by atoms with Crippen LogP contribution < -0.4 is 24.3 Å². The summed E-state index contributed by atoms with van der Waals surface area (Å²) in [4.78, 5) is 80.8. The summed E-state index contributed by atoms with van der Waals surface area (Å²) < 4.78 is 38.7. The monoisotopic (exact) mass is 1210 g/mol. The molecule has 476 valence electrons. The molecule has 83 heavy (non-hydrogen) atoms. The fourth-order valence-electron chi connectivity index (χ4n) is 10.1. The highest BCUT2D eigenvalue weighted by molar-refractivity contribution is 5.96. The van der Waals surface area contributed by atoms with Crippen LogP contribution in [0.3, 0.4) is 0 Å². The second kappa shape index (κ2) is 39.0. The predicted molar refractivity (Wildman–Crippen MR) is 332 cm³/mol. The third-order valence-electron chi connectivity index (χ3n) is 14.4. The number of hydrogen-bond donors (Lipinski definition) is 1. The van der Waals surface area contributed by atoms with Crippen molar-refractivity contribution in [2.24, 2.45) is 0 Å². The molecule has 0 radical (unpaired) electrons.